The van der Waals surface area contributed by atoms with Crippen molar-refractivity contribution in [2.45, 2.75) is 6.11 Å². The van der Waals surface area contributed by atoms with Crippen LogP contribution in [0.2, 0.25) is 0 Å². The average Bonchev–Trinajstić information content (AvgIpc) is 2.93. The van der Waals surface area contributed by atoms with Crippen molar-refractivity contribution in [2.24, 2.45) is 0 Å². The Morgan fingerprint density at radius 3 is 1.90 bits per heavy atom. The van der Waals surface area contributed by atoms with Gasteiger partial charge in [-0.1, -0.05) is 43.0 Å². The number of alkyl halides is 2. The van der Waals surface area contributed by atoms with E-state index in [1.165, 1.54) is 18.2 Å². The van der Waals surface area contributed by atoms with E-state index in [4.69, 9.17) is 0 Å². The molecule has 0 unspecified atom stereocenters. The summed E-state index contributed by atoms with van der Waals surface area (Å²) in [4.78, 5) is 0. The second-order valence-corrected chi connectivity index (χ2v) is 8.47. The number of hydrogen-bond donors (Lipinski definition) is 0. The summed E-state index contributed by atoms with van der Waals surface area (Å²) in [5.41, 5.74) is -2.07. The van der Waals surface area contributed by atoms with Gasteiger partial charge in [0.25, 0.3) is 0 Å². The van der Waals surface area contributed by atoms with Crippen molar-refractivity contribution >= 4 is 5.83 Å². The van der Waals surface area contributed by atoms with Crippen molar-refractivity contribution in [3.05, 3.63) is 132 Å². The maximum Gasteiger partial charge on any atom is 0.429 e. The number of hydrogen-bond acceptors (Lipinski definition) is 2. The number of rotatable bonds is 9. The van der Waals surface area contributed by atoms with Crippen LogP contribution in [0.4, 0.5) is 39.5 Å². The molecule has 0 spiro atoms. The molecule has 0 aromatic heterocycles. The predicted octanol–water partition coefficient (Wildman–Crippen LogP) is 9.61. The highest BCUT2D eigenvalue weighted by molar-refractivity contribution is 5.69. The molecule has 0 aliphatic carbocycles. The molecule has 4 aromatic rings. The molecule has 0 N–H and O–H groups in total. The summed E-state index contributed by atoms with van der Waals surface area (Å²) in [5.74, 6) is -9.01. The Labute approximate surface area is 227 Å². The fourth-order valence-electron chi connectivity index (χ4n) is 3.75. The van der Waals surface area contributed by atoms with E-state index in [1.54, 1.807) is 0 Å². The van der Waals surface area contributed by atoms with Crippen molar-refractivity contribution in [1.82, 2.24) is 0 Å². The van der Waals surface area contributed by atoms with E-state index < -0.39 is 63.9 Å². The van der Waals surface area contributed by atoms with Crippen LogP contribution in [0.5, 0.6) is 5.75 Å². The second kappa shape index (κ2) is 11.8. The molecule has 11 heteroatoms. The van der Waals surface area contributed by atoms with Crippen LogP contribution in [0.15, 0.2) is 91.5 Å². The first-order valence-corrected chi connectivity index (χ1v) is 11.6. The summed E-state index contributed by atoms with van der Waals surface area (Å²) in [7, 11) is 0. The lowest BCUT2D eigenvalue weighted by Crippen LogP contribution is -2.23. The fraction of sp³-hybridized carbons (Fsp3) is 0.0667. The highest BCUT2D eigenvalue weighted by Crippen LogP contribution is 2.37. The Balaban J connectivity index is 1.54. The van der Waals surface area contributed by atoms with E-state index in [2.05, 4.69) is 16.1 Å². The maximum atomic E-state index is 14.8. The first-order valence-electron chi connectivity index (χ1n) is 11.6. The predicted molar refractivity (Wildman–Crippen MR) is 133 cm³/mol. The molecule has 41 heavy (non-hydrogen) atoms. The van der Waals surface area contributed by atoms with E-state index in [0.29, 0.717) is 18.2 Å². The zero-order valence-corrected chi connectivity index (χ0v) is 20.6. The van der Waals surface area contributed by atoms with E-state index in [-0.39, 0.29) is 28.9 Å². The first-order chi connectivity index (χ1) is 19.4. The van der Waals surface area contributed by atoms with Gasteiger partial charge in [-0.2, -0.15) is 17.6 Å². The molecule has 0 bridgehead atoms. The topological polar surface area (TPSA) is 18.5 Å². The third-order valence-corrected chi connectivity index (χ3v) is 5.73. The fourth-order valence-corrected chi connectivity index (χ4v) is 3.75. The highest BCUT2D eigenvalue weighted by Gasteiger charge is 2.38. The molecule has 0 amide bonds. The molecule has 212 valence electrons. The van der Waals surface area contributed by atoms with E-state index in [9.17, 15) is 39.5 Å². The van der Waals surface area contributed by atoms with Crippen LogP contribution < -0.4 is 4.74 Å². The third kappa shape index (κ3) is 6.40. The SMILES string of the molecule is C=CCOC(F)=C(F)c1ccc(-c2ccc(C(F)(F)Oc3ccc(-c4cc(F)c(F)c(F)c4)cc3)c(F)c2)c(F)c1. The van der Waals surface area contributed by atoms with Crippen molar-refractivity contribution in [2.75, 3.05) is 6.61 Å². The van der Waals surface area contributed by atoms with Gasteiger partial charge in [0.2, 0.25) is 5.83 Å². The molecule has 0 saturated carbocycles. The van der Waals surface area contributed by atoms with Gasteiger partial charge in [-0.3, -0.25) is 0 Å². The molecule has 0 radical (unpaired) electrons. The minimum absolute atomic E-state index is 0.0634. The summed E-state index contributed by atoms with van der Waals surface area (Å²) in [6, 6.07) is 9.17. The van der Waals surface area contributed by atoms with Crippen LogP contribution in [0.25, 0.3) is 28.1 Å². The van der Waals surface area contributed by atoms with Crippen LogP contribution in [-0.2, 0) is 10.8 Å². The normalized spacial score (nSPS) is 12.1. The van der Waals surface area contributed by atoms with Crippen LogP contribution in [-0.4, -0.2) is 6.61 Å². The molecule has 0 aliphatic rings. The summed E-state index contributed by atoms with van der Waals surface area (Å²) < 4.78 is 136. The van der Waals surface area contributed by atoms with Crippen LogP contribution in [0.3, 0.4) is 0 Å². The first kappa shape index (κ1) is 29.3. The zero-order valence-electron chi connectivity index (χ0n) is 20.6. The summed E-state index contributed by atoms with van der Waals surface area (Å²) in [6.45, 7) is 2.95. The molecular weight excluding hydrogens is 563 g/mol. The smallest absolute Gasteiger partial charge is 0.429 e. The van der Waals surface area contributed by atoms with Gasteiger partial charge >= 0.3 is 12.1 Å². The Morgan fingerprint density at radius 1 is 0.707 bits per heavy atom. The molecule has 4 rings (SSSR count). The van der Waals surface area contributed by atoms with Crippen molar-refractivity contribution in [1.29, 1.82) is 0 Å². The quantitative estimate of drug-likeness (QED) is 0.0850. The second-order valence-electron chi connectivity index (χ2n) is 8.47. The summed E-state index contributed by atoms with van der Waals surface area (Å²) in [5, 5.41) is 0. The summed E-state index contributed by atoms with van der Waals surface area (Å²) >= 11 is 0. The highest BCUT2D eigenvalue weighted by atomic mass is 19.3. The molecule has 2 nitrogen and oxygen atoms in total. The standard InChI is InChI=1S/C30H17F9O2/c1-2-11-40-29(37)27(35)18-5-9-21(23(31)13-18)17-6-10-22(24(32)12-17)30(38,39)41-20-7-3-16(4-8-20)19-14-25(33)28(36)26(34)15-19/h2-10,12-15H,1,11H2. The lowest BCUT2D eigenvalue weighted by molar-refractivity contribution is -0.187. The van der Waals surface area contributed by atoms with Gasteiger partial charge in [0, 0.05) is 11.1 Å². The number of benzene rings is 4. The Kier molecular flexibility index (Phi) is 8.46. The van der Waals surface area contributed by atoms with Crippen molar-refractivity contribution in [3.63, 3.8) is 0 Å². The largest absolute Gasteiger partial charge is 0.464 e. The molecule has 0 heterocycles. The van der Waals surface area contributed by atoms with E-state index in [0.717, 1.165) is 42.5 Å². The van der Waals surface area contributed by atoms with Gasteiger partial charge in [-0.05, 0) is 59.2 Å². The number of halogens is 9. The van der Waals surface area contributed by atoms with E-state index >= 15 is 0 Å². The van der Waals surface area contributed by atoms with Gasteiger partial charge < -0.3 is 9.47 Å². The van der Waals surface area contributed by atoms with Crippen LogP contribution in [0, 0.1) is 29.1 Å². The lowest BCUT2D eigenvalue weighted by Gasteiger charge is -2.19. The maximum absolute atomic E-state index is 14.8. The minimum Gasteiger partial charge on any atom is -0.464 e. The Morgan fingerprint density at radius 2 is 1.32 bits per heavy atom. The van der Waals surface area contributed by atoms with Crippen LogP contribution >= 0.6 is 0 Å². The number of ether oxygens (including phenoxy) is 2. The van der Waals surface area contributed by atoms with Crippen LogP contribution in [0.1, 0.15) is 11.1 Å². The Hall–Kier alpha value is -4.67. The monoisotopic (exact) mass is 580 g/mol. The Bertz CT molecular complexity index is 1610. The zero-order chi connectivity index (χ0) is 29.9. The van der Waals surface area contributed by atoms with Gasteiger partial charge in [0.15, 0.2) is 17.5 Å². The minimum atomic E-state index is -4.21. The van der Waals surface area contributed by atoms with Crippen molar-refractivity contribution < 1.29 is 49.0 Å². The molecule has 0 fully saturated rings. The molecular formula is C30H17F9O2. The molecule has 0 saturated heterocycles. The lowest BCUT2D eigenvalue weighted by atomic mass is 10.0. The summed E-state index contributed by atoms with van der Waals surface area (Å²) in [6.07, 6.45) is -3.04. The molecule has 0 atom stereocenters. The van der Waals surface area contributed by atoms with Gasteiger partial charge in [0.05, 0.1) is 5.56 Å². The van der Waals surface area contributed by atoms with Gasteiger partial charge in [0.1, 0.15) is 24.0 Å². The van der Waals surface area contributed by atoms with Gasteiger partial charge in [-0.25, -0.2) is 22.0 Å². The third-order valence-electron chi connectivity index (χ3n) is 5.73. The average molecular weight is 580 g/mol. The van der Waals surface area contributed by atoms with Crippen molar-refractivity contribution in [3.8, 4) is 28.0 Å². The van der Waals surface area contributed by atoms with E-state index in [1.807, 2.05) is 0 Å². The molecule has 0 aliphatic heterocycles. The molecule has 4 aromatic carbocycles. The van der Waals surface area contributed by atoms with Gasteiger partial charge in [-0.15, -0.1) is 0 Å².